The van der Waals surface area contributed by atoms with Crippen molar-refractivity contribution in [2.24, 2.45) is 0 Å². The molecule has 2 nitrogen and oxygen atoms in total. The maximum atomic E-state index is 4.79. The quantitative estimate of drug-likeness (QED) is 0.179. The van der Waals surface area contributed by atoms with E-state index in [1.807, 2.05) is 42.7 Å². The van der Waals surface area contributed by atoms with Crippen molar-refractivity contribution in [2.75, 3.05) is 0 Å². The number of nitrogens with zero attached hydrogens (tertiary/aromatic N) is 2. The maximum Gasteiger partial charge on any atom is 0.159 e. The van der Waals surface area contributed by atoms with Gasteiger partial charge in [0.2, 0.25) is 0 Å². The van der Waals surface area contributed by atoms with Gasteiger partial charge in [-0.3, -0.25) is 0 Å². The number of hydrogen-bond acceptors (Lipinski definition) is 2. The van der Waals surface area contributed by atoms with Crippen LogP contribution in [0.4, 0.5) is 0 Å². The largest absolute Gasteiger partial charge is 0.236 e. The molecule has 9 aromatic rings. The van der Waals surface area contributed by atoms with Crippen LogP contribution in [-0.2, 0) is 5.41 Å². The standard InChI is InChI=1S/C48H36N2/c1-48(2,3)40-22-24-42-44(28-40)46(38-20-18-32-12-8-10-16-35(32)26-38)41-23-21-36(39-29-49-47(50-30-39)33-13-5-4-6-14-33)27-43(41)45(42)37-19-17-31-11-7-9-15-34(31)25-37/h4-30H,1-3H3. The number of aromatic nitrogens is 2. The molecule has 238 valence electrons. The highest BCUT2D eigenvalue weighted by atomic mass is 14.9. The van der Waals surface area contributed by atoms with Crippen molar-refractivity contribution in [3.63, 3.8) is 0 Å². The van der Waals surface area contributed by atoms with Crippen LogP contribution in [0.3, 0.4) is 0 Å². The molecule has 0 N–H and O–H groups in total. The summed E-state index contributed by atoms with van der Waals surface area (Å²) in [7, 11) is 0. The van der Waals surface area contributed by atoms with Gasteiger partial charge in [0, 0.05) is 23.5 Å². The highest BCUT2D eigenvalue weighted by Gasteiger charge is 2.21. The molecule has 0 aliphatic rings. The van der Waals surface area contributed by atoms with E-state index < -0.39 is 0 Å². The first-order valence-corrected chi connectivity index (χ1v) is 17.3. The van der Waals surface area contributed by atoms with Crippen molar-refractivity contribution in [1.82, 2.24) is 9.97 Å². The van der Waals surface area contributed by atoms with E-state index in [-0.39, 0.29) is 5.41 Å². The van der Waals surface area contributed by atoms with E-state index in [1.165, 1.54) is 70.9 Å². The lowest BCUT2D eigenvalue weighted by atomic mass is 9.80. The predicted molar refractivity (Wildman–Crippen MR) is 212 cm³/mol. The van der Waals surface area contributed by atoms with Gasteiger partial charge in [-0.1, -0.05) is 148 Å². The minimum atomic E-state index is 0.00266. The van der Waals surface area contributed by atoms with E-state index in [4.69, 9.17) is 9.97 Å². The molecule has 0 atom stereocenters. The maximum absolute atomic E-state index is 4.79. The van der Waals surface area contributed by atoms with Crippen LogP contribution in [0.15, 0.2) is 164 Å². The molecule has 0 amide bonds. The van der Waals surface area contributed by atoms with Crippen LogP contribution in [0, 0.1) is 0 Å². The van der Waals surface area contributed by atoms with Gasteiger partial charge in [0.15, 0.2) is 5.82 Å². The first kappa shape index (κ1) is 30.0. The van der Waals surface area contributed by atoms with E-state index in [0.717, 1.165) is 22.5 Å². The molecule has 2 heteroatoms. The van der Waals surface area contributed by atoms with Crippen molar-refractivity contribution in [1.29, 1.82) is 0 Å². The summed E-state index contributed by atoms with van der Waals surface area (Å²) in [4.78, 5) is 9.57. The number of rotatable bonds is 4. The summed E-state index contributed by atoms with van der Waals surface area (Å²) in [5, 5.41) is 9.92. The van der Waals surface area contributed by atoms with Gasteiger partial charge in [-0.2, -0.15) is 0 Å². The van der Waals surface area contributed by atoms with Crippen molar-refractivity contribution in [3.05, 3.63) is 170 Å². The Morgan fingerprint density at radius 2 is 0.860 bits per heavy atom. The lowest BCUT2D eigenvalue weighted by Gasteiger charge is -2.23. The molecule has 50 heavy (non-hydrogen) atoms. The molecular weight excluding hydrogens is 605 g/mol. The molecule has 1 aromatic heterocycles. The monoisotopic (exact) mass is 640 g/mol. The normalized spacial score (nSPS) is 11.9. The van der Waals surface area contributed by atoms with E-state index in [0.29, 0.717) is 0 Å². The third-order valence-electron chi connectivity index (χ3n) is 10.1. The van der Waals surface area contributed by atoms with Gasteiger partial charge in [0.05, 0.1) is 0 Å². The molecule has 8 aromatic carbocycles. The van der Waals surface area contributed by atoms with E-state index in [2.05, 4.69) is 142 Å². The minimum absolute atomic E-state index is 0.00266. The highest BCUT2D eigenvalue weighted by Crippen LogP contribution is 2.46. The Bertz CT molecular complexity index is 2720. The Labute approximate surface area is 292 Å². The van der Waals surface area contributed by atoms with Gasteiger partial charge in [0.1, 0.15) is 0 Å². The lowest BCUT2D eigenvalue weighted by molar-refractivity contribution is 0.591. The van der Waals surface area contributed by atoms with Crippen LogP contribution in [-0.4, -0.2) is 9.97 Å². The molecule has 1 heterocycles. The zero-order chi connectivity index (χ0) is 33.8. The third-order valence-corrected chi connectivity index (χ3v) is 10.1. The summed E-state index contributed by atoms with van der Waals surface area (Å²) in [6.07, 6.45) is 3.90. The summed E-state index contributed by atoms with van der Waals surface area (Å²) < 4.78 is 0. The zero-order valence-corrected chi connectivity index (χ0v) is 28.5. The minimum Gasteiger partial charge on any atom is -0.236 e. The Hall–Kier alpha value is -6.12. The van der Waals surface area contributed by atoms with E-state index in [1.54, 1.807) is 0 Å². The van der Waals surface area contributed by atoms with Gasteiger partial charge in [0.25, 0.3) is 0 Å². The first-order valence-electron chi connectivity index (χ1n) is 17.3. The molecule has 0 bridgehead atoms. The molecule has 0 aliphatic carbocycles. The van der Waals surface area contributed by atoms with Crippen molar-refractivity contribution in [3.8, 4) is 44.8 Å². The number of fused-ring (bicyclic) bond motifs is 4. The van der Waals surface area contributed by atoms with Crippen LogP contribution in [0.2, 0.25) is 0 Å². The average molecular weight is 641 g/mol. The van der Waals surface area contributed by atoms with Crippen molar-refractivity contribution in [2.45, 2.75) is 26.2 Å². The second kappa shape index (κ2) is 11.8. The molecule has 0 saturated carbocycles. The molecule has 0 fully saturated rings. The third kappa shape index (κ3) is 5.21. The summed E-state index contributed by atoms with van der Waals surface area (Å²) >= 11 is 0. The van der Waals surface area contributed by atoms with Crippen LogP contribution in [0.5, 0.6) is 0 Å². The number of hydrogen-bond donors (Lipinski definition) is 0. The summed E-state index contributed by atoms with van der Waals surface area (Å²) in [5.41, 5.74) is 9.36. The van der Waals surface area contributed by atoms with Gasteiger partial charge in [-0.15, -0.1) is 0 Å². The second-order valence-electron chi connectivity index (χ2n) is 14.3. The van der Waals surface area contributed by atoms with Crippen LogP contribution >= 0.6 is 0 Å². The topological polar surface area (TPSA) is 25.8 Å². The number of benzene rings is 8. The van der Waals surface area contributed by atoms with Gasteiger partial charge in [-0.25, -0.2) is 9.97 Å². The molecule has 0 saturated heterocycles. The van der Waals surface area contributed by atoms with Crippen LogP contribution < -0.4 is 0 Å². The Morgan fingerprint density at radius 3 is 1.44 bits per heavy atom. The van der Waals surface area contributed by atoms with Crippen LogP contribution in [0.25, 0.3) is 87.9 Å². The molecule has 9 rings (SSSR count). The Morgan fingerprint density at radius 1 is 0.360 bits per heavy atom. The second-order valence-corrected chi connectivity index (χ2v) is 14.3. The van der Waals surface area contributed by atoms with E-state index in [9.17, 15) is 0 Å². The van der Waals surface area contributed by atoms with Gasteiger partial charge < -0.3 is 0 Å². The smallest absolute Gasteiger partial charge is 0.159 e. The Balaban J connectivity index is 1.36. The van der Waals surface area contributed by atoms with Gasteiger partial charge in [-0.05, 0) is 106 Å². The fourth-order valence-corrected chi connectivity index (χ4v) is 7.40. The zero-order valence-electron chi connectivity index (χ0n) is 28.5. The molecule has 0 radical (unpaired) electrons. The summed E-state index contributed by atoms with van der Waals surface area (Å²) in [6.45, 7) is 6.89. The molecule has 0 spiro atoms. The van der Waals surface area contributed by atoms with Crippen molar-refractivity contribution >= 4 is 43.1 Å². The SMILES string of the molecule is CC(C)(C)c1ccc2c(-c3ccc4ccccc4c3)c3cc(-c4cnc(-c5ccccc5)nc4)ccc3c(-c3ccc4ccccc4c3)c2c1. The summed E-state index contributed by atoms with van der Waals surface area (Å²) in [5.74, 6) is 0.728. The lowest BCUT2D eigenvalue weighted by Crippen LogP contribution is -2.10. The summed E-state index contributed by atoms with van der Waals surface area (Å²) in [6, 6.07) is 55.2. The Kier molecular flexibility index (Phi) is 7.07. The van der Waals surface area contributed by atoms with E-state index >= 15 is 0 Å². The predicted octanol–water partition coefficient (Wildman–Crippen LogP) is 13.1. The average Bonchev–Trinajstić information content (AvgIpc) is 3.16. The molecule has 0 aliphatic heterocycles. The first-order chi connectivity index (χ1) is 24.4. The van der Waals surface area contributed by atoms with Crippen LogP contribution in [0.1, 0.15) is 26.3 Å². The highest BCUT2D eigenvalue weighted by molar-refractivity contribution is 6.22. The molecule has 0 unspecified atom stereocenters. The van der Waals surface area contributed by atoms with Gasteiger partial charge >= 0.3 is 0 Å². The fraction of sp³-hybridized carbons (Fsp3) is 0.0833. The van der Waals surface area contributed by atoms with Crippen molar-refractivity contribution < 1.29 is 0 Å². The fourth-order valence-electron chi connectivity index (χ4n) is 7.40. The molecular formula is C48H36N2.